The predicted molar refractivity (Wildman–Crippen MR) is 253 cm³/mol. The number of amides is 4. The maximum atomic E-state index is 16.4. The highest BCUT2D eigenvalue weighted by molar-refractivity contribution is 5.87. The predicted octanol–water partition coefficient (Wildman–Crippen LogP) is 9.04. The minimum absolute atomic E-state index is 0.187. The molecule has 2 aromatic heterocycles. The number of ether oxygens (including phenoxy) is 1. The van der Waals surface area contributed by atoms with E-state index in [0.29, 0.717) is 78.9 Å². The van der Waals surface area contributed by atoms with Crippen LogP contribution in [0, 0.1) is 23.5 Å². The topological polar surface area (TPSA) is 192 Å². The maximum absolute atomic E-state index is 16.4. The van der Waals surface area contributed by atoms with Crippen LogP contribution in [0.15, 0.2) is 48.5 Å². The molecule has 4 aliphatic rings. The molecule has 4 amide bonds. The number of rotatable bonds is 12. The summed E-state index contributed by atoms with van der Waals surface area (Å²) in [6.45, 7) is 7.85. The number of nitrogens with one attached hydrogen (secondary N) is 4. The van der Waals surface area contributed by atoms with Gasteiger partial charge in [0.15, 0.2) is 11.6 Å². The molecular weight excluding hydrogens is 913 g/mol. The third-order valence-corrected chi connectivity index (χ3v) is 14.6. The molecular formula is C50H60F4N10O6. The first-order chi connectivity index (χ1) is 33.4. The van der Waals surface area contributed by atoms with Gasteiger partial charge in [-0.25, -0.2) is 37.1 Å². The Morgan fingerprint density at radius 2 is 1.17 bits per heavy atom. The van der Waals surface area contributed by atoms with E-state index in [1.165, 1.54) is 24.1 Å². The number of aromatic nitrogens is 4. The quantitative estimate of drug-likeness (QED) is 0.0754. The van der Waals surface area contributed by atoms with Gasteiger partial charge in [-0.2, -0.15) is 0 Å². The molecule has 0 saturated carbocycles. The molecule has 6 atom stereocenters. The van der Waals surface area contributed by atoms with Crippen molar-refractivity contribution in [2.75, 3.05) is 43.1 Å². The number of fused-ring (bicyclic) bond motifs is 2. The summed E-state index contributed by atoms with van der Waals surface area (Å²) in [6, 6.07) is 10.9. The highest BCUT2D eigenvalue weighted by Crippen LogP contribution is 2.49. The van der Waals surface area contributed by atoms with Gasteiger partial charge in [0.25, 0.3) is 5.92 Å². The number of hydrogen-bond donors (Lipinski definition) is 5. The van der Waals surface area contributed by atoms with Gasteiger partial charge in [0.05, 0.1) is 53.3 Å². The summed E-state index contributed by atoms with van der Waals surface area (Å²) in [6.07, 6.45) is 0.948. The van der Waals surface area contributed by atoms with Crippen LogP contribution in [0.4, 0.5) is 38.5 Å². The zero-order valence-corrected chi connectivity index (χ0v) is 39.9. The third kappa shape index (κ3) is 9.40. The number of anilines is 2. The molecule has 9 rings (SSSR count). The summed E-state index contributed by atoms with van der Waals surface area (Å²) in [5.74, 6) is -4.45. The van der Waals surface area contributed by atoms with E-state index in [-0.39, 0.29) is 60.2 Å². The Hall–Kier alpha value is -6.60. The van der Waals surface area contributed by atoms with E-state index in [1.54, 1.807) is 23.6 Å². The first-order valence-electron chi connectivity index (χ1n) is 24.3. The molecule has 5 N–H and O–H groups in total. The zero-order chi connectivity index (χ0) is 49.8. The Kier molecular flexibility index (Phi) is 13.4. The monoisotopic (exact) mass is 972 g/mol. The number of methoxy groups -OCH3 is 1. The van der Waals surface area contributed by atoms with Gasteiger partial charge in [0.1, 0.15) is 29.4 Å². The van der Waals surface area contributed by atoms with Crippen molar-refractivity contribution in [2.24, 2.45) is 11.8 Å². The lowest BCUT2D eigenvalue weighted by Crippen LogP contribution is -2.51. The maximum Gasteiger partial charge on any atom is 0.407 e. The fraction of sp³-hybridized carbons (Fsp3) is 0.520. The summed E-state index contributed by atoms with van der Waals surface area (Å²) in [5.41, 5.74) is 4.36. The number of imidazole rings is 2. The van der Waals surface area contributed by atoms with Gasteiger partial charge in [-0.15, -0.1) is 0 Å². The molecule has 16 nitrogen and oxygen atoms in total. The lowest BCUT2D eigenvalue weighted by Gasteiger charge is -2.36. The van der Waals surface area contributed by atoms with E-state index in [2.05, 4.69) is 20.6 Å². The number of alkyl carbamates (subject to hydrolysis) is 1. The number of benzene rings is 3. The second-order valence-corrected chi connectivity index (χ2v) is 19.8. The summed E-state index contributed by atoms with van der Waals surface area (Å²) in [4.78, 5) is 74.9. The summed E-state index contributed by atoms with van der Waals surface area (Å²) < 4.78 is 65.8. The molecule has 4 saturated heterocycles. The molecule has 0 bridgehead atoms. The Morgan fingerprint density at radius 1 is 0.700 bits per heavy atom. The minimum Gasteiger partial charge on any atom is -0.465 e. The number of nitrogens with zero attached hydrogens (tertiary/aromatic N) is 6. The lowest BCUT2D eigenvalue weighted by atomic mass is 10.0. The number of likely N-dealkylation sites (tertiary alicyclic amines) is 2. The average Bonchev–Trinajstić information content (AvgIpc) is 4.18. The highest BCUT2D eigenvalue weighted by Gasteiger charge is 2.42. The summed E-state index contributed by atoms with van der Waals surface area (Å²) >= 11 is 0. The van der Waals surface area contributed by atoms with Crippen molar-refractivity contribution in [2.45, 2.75) is 121 Å². The minimum atomic E-state index is -2.90. The summed E-state index contributed by atoms with van der Waals surface area (Å²) in [7, 11) is 1.25. The van der Waals surface area contributed by atoms with Crippen molar-refractivity contribution in [3.8, 4) is 0 Å². The Morgan fingerprint density at radius 3 is 1.61 bits per heavy atom. The molecule has 20 heteroatoms. The van der Waals surface area contributed by atoms with Crippen molar-refractivity contribution >= 4 is 57.4 Å². The number of halogens is 4. The van der Waals surface area contributed by atoms with Gasteiger partial charge in [-0.3, -0.25) is 9.59 Å². The lowest BCUT2D eigenvalue weighted by molar-refractivity contribution is -0.136. The number of aromatic amines is 2. The molecule has 0 radical (unpaired) electrons. The van der Waals surface area contributed by atoms with Crippen LogP contribution < -0.4 is 20.4 Å². The number of carboxylic acid groups (broad SMARTS) is 1. The van der Waals surface area contributed by atoms with Crippen molar-refractivity contribution in [3.63, 3.8) is 0 Å². The van der Waals surface area contributed by atoms with Crippen LogP contribution >= 0.6 is 0 Å². The zero-order valence-electron chi connectivity index (χ0n) is 39.9. The third-order valence-electron chi connectivity index (χ3n) is 14.6. The normalized spacial score (nSPS) is 22.4. The summed E-state index contributed by atoms with van der Waals surface area (Å²) in [5, 5.41) is 14.5. The van der Waals surface area contributed by atoms with E-state index in [4.69, 9.17) is 14.7 Å². The molecule has 0 aliphatic carbocycles. The number of H-pyrrole nitrogens is 2. The van der Waals surface area contributed by atoms with Gasteiger partial charge in [-0.05, 0) is 97.9 Å². The van der Waals surface area contributed by atoms with Crippen LogP contribution in [0.1, 0.15) is 126 Å². The number of alkyl halides is 2. The smallest absolute Gasteiger partial charge is 0.407 e. The van der Waals surface area contributed by atoms with Gasteiger partial charge >= 0.3 is 12.2 Å². The van der Waals surface area contributed by atoms with Crippen LogP contribution in [0.3, 0.4) is 0 Å². The number of piperidine rings is 1. The van der Waals surface area contributed by atoms with E-state index in [9.17, 15) is 33.1 Å². The number of carbonyl (C=O) groups is 4. The second-order valence-electron chi connectivity index (χ2n) is 19.8. The fourth-order valence-corrected chi connectivity index (χ4v) is 11.0. The molecule has 374 valence electrons. The Labute approximate surface area is 402 Å². The van der Waals surface area contributed by atoms with Crippen LogP contribution in [-0.4, -0.2) is 110 Å². The van der Waals surface area contributed by atoms with Crippen LogP contribution in [0.2, 0.25) is 0 Å². The van der Waals surface area contributed by atoms with Gasteiger partial charge in [0.2, 0.25) is 11.8 Å². The Bertz CT molecular complexity index is 2770. The fourth-order valence-electron chi connectivity index (χ4n) is 11.0. The van der Waals surface area contributed by atoms with E-state index >= 15 is 8.78 Å². The van der Waals surface area contributed by atoms with Crippen LogP contribution in [-0.2, 0) is 14.3 Å². The van der Waals surface area contributed by atoms with Crippen molar-refractivity contribution in [1.29, 1.82) is 0 Å². The van der Waals surface area contributed by atoms with Crippen molar-refractivity contribution in [3.05, 3.63) is 82.9 Å². The average molecular weight is 973 g/mol. The van der Waals surface area contributed by atoms with E-state index in [1.807, 2.05) is 55.1 Å². The van der Waals surface area contributed by atoms with Crippen LogP contribution in [0.25, 0.3) is 22.1 Å². The first kappa shape index (κ1) is 48.4. The Balaban J connectivity index is 1.04. The van der Waals surface area contributed by atoms with Gasteiger partial charge < -0.3 is 50.0 Å². The van der Waals surface area contributed by atoms with Crippen molar-refractivity contribution in [1.82, 2.24) is 40.4 Å². The SMILES string of the molecule is COC(=O)N[C@H](C(=O)N1CCC[C@H]1c1nc2ccc([C@H]3CC[C@H](c4ccc5nc([C@@H]6CCCN6C(=O)[C@@H](NC(=O)O)C(C)C)[nH]c5c4)N3c3cc(F)c(N4CCC(F)(F)CC4)c(F)c3)cc2[nH]1)C(C)C. The molecule has 3 aromatic carbocycles. The van der Waals surface area contributed by atoms with Gasteiger partial charge in [0, 0.05) is 44.7 Å². The highest BCUT2D eigenvalue weighted by atomic mass is 19.3. The standard InChI is InChI=1S/C50H60F4N10O6/c1-26(2)41(59-48(67)68)46(65)62-18-6-8-39(62)44-55-33-12-10-28(22-35(33)57-44)37-14-15-38(64(37)30-24-31(51)43(32(52)25-30)61-20-16-50(53,54)17-21-61)29-11-13-34-36(23-29)58-45(56-34)40-9-7-19-63(40)47(66)42(27(3)4)60-49(69)70-5/h10-13,22-27,37-42,59H,6-9,14-21H2,1-5H3,(H,55,57)(H,56,58)(H,60,69)(H,67,68)/t37-,38-,39+,40+,41+,42+/m1/s1. The van der Waals surface area contributed by atoms with Crippen molar-refractivity contribution < 1.29 is 46.6 Å². The molecule has 0 unspecified atom stereocenters. The van der Waals surface area contributed by atoms with Crippen LogP contribution in [0.5, 0.6) is 0 Å². The van der Waals surface area contributed by atoms with Gasteiger partial charge in [-0.1, -0.05) is 39.8 Å². The first-order valence-corrected chi connectivity index (χ1v) is 24.3. The number of hydrogen-bond acceptors (Lipinski definition) is 9. The molecule has 4 fully saturated rings. The second kappa shape index (κ2) is 19.3. The molecule has 5 aromatic rings. The molecule has 0 spiro atoms. The van der Waals surface area contributed by atoms with E-state index < -0.39 is 66.8 Å². The number of carbonyl (C=O) groups excluding carboxylic acids is 3. The molecule has 70 heavy (non-hydrogen) atoms. The largest absolute Gasteiger partial charge is 0.465 e. The molecule has 6 heterocycles. The molecule has 4 aliphatic heterocycles. The van der Waals surface area contributed by atoms with E-state index in [0.717, 1.165) is 17.5 Å².